The average Bonchev–Trinajstić information content (AvgIpc) is 2.18. The highest BCUT2D eigenvalue weighted by Crippen LogP contribution is 2.26. The Bertz CT molecular complexity index is 234. The van der Waals surface area contributed by atoms with E-state index in [0.717, 1.165) is 0 Å². The van der Waals surface area contributed by atoms with E-state index in [9.17, 15) is 14.9 Å². The summed E-state index contributed by atoms with van der Waals surface area (Å²) in [6.07, 6.45) is 1.09. The van der Waals surface area contributed by atoms with E-state index in [-0.39, 0.29) is 10.2 Å². The van der Waals surface area contributed by atoms with Gasteiger partial charge in [0.15, 0.2) is 0 Å². The molecule has 0 saturated carbocycles. The highest BCUT2D eigenvalue weighted by molar-refractivity contribution is 8.01. The molecule has 6 heteroatoms. The number of carboxylic acids is 1. The first-order chi connectivity index (χ1) is 6.93. The second-order valence-electron chi connectivity index (χ2n) is 3.34. The van der Waals surface area contributed by atoms with Crippen LogP contribution in [0, 0.1) is 10.1 Å². The second kappa shape index (κ2) is 6.66. The van der Waals surface area contributed by atoms with Gasteiger partial charge in [-0.25, -0.2) is 0 Å². The number of aliphatic carboxylic acids is 1. The van der Waals surface area contributed by atoms with Crippen molar-refractivity contribution in [2.45, 2.75) is 50.2 Å². The van der Waals surface area contributed by atoms with Crippen molar-refractivity contribution in [3.05, 3.63) is 10.1 Å². The van der Waals surface area contributed by atoms with Gasteiger partial charge in [-0.15, -0.1) is 11.8 Å². The van der Waals surface area contributed by atoms with Crippen molar-refractivity contribution in [3.8, 4) is 0 Å². The minimum Gasteiger partial charge on any atom is -0.480 e. The quantitative estimate of drug-likeness (QED) is 0.539. The summed E-state index contributed by atoms with van der Waals surface area (Å²) >= 11 is 1.19. The van der Waals surface area contributed by atoms with Crippen molar-refractivity contribution >= 4 is 17.7 Å². The fourth-order valence-electron chi connectivity index (χ4n) is 1.23. The molecule has 0 amide bonds. The fourth-order valence-corrected chi connectivity index (χ4v) is 2.48. The van der Waals surface area contributed by atoms with Crippen LogP contribution in [-0.2, 0) is 4.79 Å². The summed E-state index contributed by atoms with van der Waals surface area (Å²) in [5.74, 6) is -0.892. The lowest BCUT2D eigenvalue weighted by molar-refractivity contribution is -0.517. The van der Waals surface area contributed by atoms with Crippen molar-refractivity contribution in [3.63, 3.8) is 0 Å². The van der Waals surface area contributed by atoms with Gasteiger partial charge in [-0.1, -0.05) is 13.8 Å². The number of hydrogen-bond donors (Lipinski definition) is 1. The van der Waals surface area contributed by atoms with Crippen molar-refractivity contribution in [2.24, 2.45) is 0 Å². The van der Waals surface area contributed by atoms with E-state index in [1.54, 1.807) is 6.92 Å². The topological polar surface area (TPSA) is 80.4 Å². The maximum Gasteiger partial charge on any atom is 0.316 e. The minimum absolute atomic E-state index is 0.235. The molecule has 0 aliphatic heterocycles. The standard InChI is InChI=1S/C9H17NO4S/c1-4-7(6(3)10(13)14)15-8(5-2)9(11)12/h6-8H,4-5H2,1-3H3,(H,11,12). The van der Waals surface area contributed by atoms with E-state index in [1.807, 2.05) is 6.92 Å². The van der Waals surface area contributed by atoms with Crippen LogP contribution in [-0.4, -0.2) is 32.5 Å². The van der Waals surface area contributed by atoms with Crippen molar-refractivity contribution in [1.29, 1.82) is 0 Å². The fraction of sp³-hybridized carbons (Fsp3) is 0.889. The largest absolute Gasteiger partial charge is 0.480 e. The molecule has 0 rings (SSSR count). The molecule has 0 aliphatic carbocycles. The summed E-state index contributed by atoms with van der Waals surface area (Å²) in [5, 5.41) is 18.7. The van der Waals surface area contributed by atoms with Crippen LogP contribution >= 0.6 is 11.8 Å². The van der Waals surface area contributed by atoms with Gasteiger partial charge >= 0.3 is 5.97 Å². The first-order valence-electron chi connectivity index (χ1n) is 4.95. The maximum atomic E-state index is 10.8. The van der Waals surface area contributed by atoms with Crippen molar-refractivity contribution < 1.29 is 14.8 Å². The van der Waals surface area contributed by atoms with Gasteiger partial charge in [0.2, 0.25) is 6.04 Å². The molecule has 5 nitrogen and oxygen atoms in total. The smallest absolute Gasteiger partial charge is 0.316 e. The van der Waals surface area contributed by atoms with Gasteiger partial charge in [0, 0.05) is 11.8 Å². The lowest BCUT2D eigenvalue weighted by Gasteiger charge is -2.19. The first-order valence-corrected chi connectivity index (χ1v) is 5.90. The van der Waals surface area contributed by atoms with Gasteiger partial charge < -0.3 is 5.11 Å². The number of rotatable bonds is 7. The van der Waals surface area contributed by atoms with Crippen LogP contribution in [0.4, 0.5) is 0 Å². The van der Waals surface area contributed by atoms with Crippen LogP contribution in [0.3, 0.4) is 0 Å². The van der Waals surface area contributed by atoms with Gasteiger partial charge in [-0.3, -0.25) is 14.9 Å². The number of hydrogen-bond acceptors (Lipinski definition) is 4. The molecule has 0 aliphatic rings. The molecule has 0 aromatic carbocycles. The molecule has 88 valence electrons. The molecule has 0 fully saturated rings. The molecule has 0 spiro atoms. The van der Waals surface area contributed by atoms with Crippen LogP contribution in [0.2, 0.25) is 0 Å². The predicted octanol–water partition coefficient (Wildman–Crippen LogP) is 2.03. The molecule has 1 N–H and O–H groups in total. The Morgan fingerprint density at radius 2 is 2.00 bits per heavy atom. The maximum absolute atomic E-state index is 10.8. The third kappa shape index (κ3) is 4.51. The second-order valence-corrected chi connectivity index (χ2v) is 4.79. The van der Waals surface area contributed by atoms with E-state index < -0.39 is 17.3 Å². The summed E-state index contributed by atoms with van der Waals surface area (Å²) in [7, 11) is 0. The summed E-state index contributed by atoms with van der Waals surface area (Å²) in [5.41, 5.74) is 0. The summed E-state index contributed by atoms with van der Waals surface area (Å²) < 4.78 is 0. The molecular formula is C9H17NO4S. The zero-order chi connectivity index (χ0) is 12.0. The Labute approximate surface area is 93.4 Å². The van der Waals surface area contributed by atoms with Gasteiger partial charge in [0.05, 0.1) is 5.25 Å². The Balaban J connectivity index is 4.43. The molecular weight excluding hydrogens is 218 g/mol. The molecule has 15 heavy (non-hydrogen) atoms. The lowest BCUT2D eigenvalue weighted by Crippen LogP contribution is -2.31. The third-order valence-corrected chi connectivity index (χ3v) is 4.20. The average molecular weight is 235 g/mol. The zero-order valence-corrected chi connectivity index (χ0v) is 9.99. The van der Waals surface area contributed by atoms with Gasteiger partial charge in [0.25, 0.3) is 0 Å². The van der Waals surface area contributed by atoms with Crippen LogP contribution < -0.4 is 0 Å². The highest BCUT2D eigenvalue weighted by atomic mass is 32.2. The molecule has 0 saturated heterocycles. The molecule has 0 bridgehead atoms. The Morgan fingerprint density at radius 3 is 2.27 bits per heavy atom. The predicted molar refractivity (Wildman–Crippen MR) is 59.8 cm³/mol. The molecule has 3 atom stereocenters. The van der Waals surface area contributed by atoms with Gasteiger partial charge in [-0.2, -0.15) is 0 Å². The van der Waals surface area contributed by atoms with E-state index in [1.165, 1.54) is 18.7 Å². The van der Waals surface area contributed by atoms with Crippen LogP contribution in [0.5, 0.6) is 0 Å². The van der Waals surface area contributed by atoms with Crippen molar-refractivity contribution in [2.75, 3.05) is 0 Å². The van der Waals surface area contributed by atoms with E-state index >= 15 is 0 Å². The van der Waals surface area contributed by atoms with Crippen LogP contribution in [0.1, 0.15) is 33.6 Å². The zero-order valence-electron chi connectivity index (χ0n) is 9.17. The molecule has 0 aromatic heterocycles. The monoisotopic (exact) mass is 235 g/mol. The number of nitrogens with zero attached hydrogens (tertiary/aromatic N) is 1. The molecule has 3 unspecified atom stereocenters. The molecule has 0 radical (unpaired) electrons. The minimum atomic E-state index is -0.892. The first kappa shape index (κ1) is 14.2. The Morgan fingerprint density at radius 1 is 1.47 bits per heavy atom. The number of carbonyl (C=O) groups is 1. The summed E-state index contributed by atoms with van der Waals surface area (Å²) in [6.45, 7) is 5.14. The van der Waals surface area contributed by atoms with E-state index in [2.05, 4.69) is 0 Å². The molecule has 0 aromatic rings. The highest BCUT2D eigenvalue weighted by Gasteiger charge is 2.30. The molecule has 0 heterocycles. The number of carboxylic acid groups (broad SMARTS) is 1. The summed E-state index contributed by atoms with van der Waals surface area (Å²) in [6, 6.07) is -0.701. The number of nitro groups is 1. The SMILES string of the molecule is CCC(SC(CC)C(C)[N+](=O)[O-])C(=O)O. The van der Waals surface area contributed by atoms with Crippen LogP contribution in [0.15, 0.2) is 0 Å². The summed E-state index contributed by atoms with van der Waals surface area (Å²) in [4.78, 5) is 21.0. The van der Waals surface area contributed by atoms with E-state index in [4.69, 9.17) is 5.11 Å². The number of thioether (sulfide) groups is 1. The van der Waals surface area contributed by atoms with Gasteiger partial charge in [0.1, 0.15) is 5.25 Å². The normalized spacial score (nSPS) is 16.7. The van der Waals surface area contributed by atoms with Gasteiger partial charge in [-0.05, 0) is 12.8 Å². The Kier molecular flexibility index (Phi) is 6.31. The lowest BCUT2D eigenvalue weighted by atomic mass is 10.2. The third-order valence-electron chi connectivity index (χ3n) is 2.26. The van der Waals surface area contributed by atoms with Crippen LogP contribution in [0.25, 0.3) is 0 Å². The van der Waals surface area contributed by atoms with E-state index in [0.29, 0.717) is 12.8 Å². The van der Waals surface area contributed by atoms with Crippen molar-refractivity contribution in [1.82, 2.24) is 0 Å². The Hall–Kier alpha value is -0.780.